The molecule has 0 bridgehead atoms. The number of fused-ring (bicyclic) bond motifs is 2. The summed E-state index contributed by atoms with van der Waals surface area (Å²) in [5.41, 5.74) is 4.17. The normalized spacial score (nSPS) is 14.5. The molecule has 0 spiro atoms. The number of rotatable bonds is 4. The number of pyridine rings is 1. The van der Waals surface area contributed by atoms with E-state index in [0.29, 0.717) is 23.6 Å². The molecule has 0 N–H and O–H groups in total. The lowest BCUT2D eigenvalue weighted by Gasteiger charge is -2.16. The Morgan fingerprint density at radius 3 is 2.43 bits per heavy atom. The molecule has 0 saturated heterocycles. The van der Waals surface area contributed by atoms with Crippen molar-refractivity contribution in [2.45, 2.75) is 26.4 Å². The van der Waals surface area contributed by atoms with Crippen LogP contribution in [0.5, 0.6) is 0 Å². The average Bonchev–Trinajstić information content (AvgIpc) is 3.56. The van der Waals surface area contributed by atoms with Gasteiger partial charge >= 0.3 is 11.9 Å². The van der Waals surface area contributed by atoms with Crippen LogP contribution in [0.4, 0.5) is 5.82 Å². The van der Waals surface area contributed by atoms with Crippen molar-refractivity contribution in [3.63, 3.8) is 0 Å². The number of hydrogen-bond donors (Lipinski definition) is 0. The maximum absolute atomic E-state index is 13.4. The molecule has 6 rings (SSSR count). The smallest absolute Gasteiger partial charge is 0.346 e. The number of carbonyl (C=O) groups is 3. The largest absolute Gasteiger partial charge is 0.386 e. The van der Waals surface area contributed by atoms with Gasteiger partial charge in [-0.15, -0.1) is 0 Å². The molecule has 8 heteroatoms. The van der Waals surface area contributed by atoms with Crippen molar-refractivity contribution >= 4 is 23.7 Å². The fourth-order valence-corrected chi connectivity index (χ4v) is 4.56. The highest BCUT2D eigenvalue weighted by Crippen LogP contribution is 2.33. The first-order chi connectivity index (χ1) is 16.9. The molecule has 4 heterocycles. The number of esters is 2. The molecule has 0 radical (unpaired) electrons. The van der Waals surface area contributed by atoms with Crippen molar-refractivity contribution in [2.75, 3.05) is 4.90 Å². The van der Waals surface area contributed by atoms with Crippen LogP contribution in [0.15, 0.2) is 67.0 Å². The predicted molar refractivity (Wildman–Crippen MR) is 128 cm³/mol. The summed E-state index contributed by atoms with van der Waals surface area (Å²) >= 11 is 0. The Kier molecular flexibility index (Phi) is 4.63. The molecule has 2 aliphatic rings. The maximum Gasteiger partial charge on any atom is 0.346 e. The van der Waals surface area contributed by atoms with E-state index in [-0.39, 0.29) is 23.1 Å². The van der Waals surface area contributed by atoms with Crippen LogP contribution >= 0.6 is 0 Å². The minimum absolute atomic E-state index is 0.144. The molecule has 2 aliphatic heterocycles. The van der Waals surface area contributed by atoms with Crippen molar-refractivity contribution in [1.29, 1.82) is 0 Å². The molecule has 0 saturated carbocycles. The van der Waals surface area contributed by atoms with Gasteiger partial charge in [0.15, 0.2) is 5.82 Å². The first kappa shape index (κ1) is 21.0. The molecule has 1 amide bonds. The van der Waals surface area contributed by atoms with E-state index in [9.17, 15) is 14.4 Å². The van der Waals surface area contributed by atoms with Gasteiger partial charge in [0.25, 0.3) is 5.91 Å². The van der Waals surface area contributed by atoms with Crippen LogP contribution in [-0.2, 0) is 11.3 Å². The first-order valence-electron chi connectivity index (χ1n) is 11.3. The van der Waals surface area contributed by atoms with Crippen molar-refractivity contribution in [3.05, 3.63) is 89.2 Å². The number of hydrogen-bond acceptors (Lipinski definition) is 6. The van der Waals surface area contributed by atoms with Crippen LogP contribution in [-0.4, -0.2) is 32.4 Å². The standard InChI is InChI=1S/C27H20N4O4/c1-15(2)30-11-10-28-24(30)22-4-3-5-23(29-22)31-14-18-7-6-16(12-20(18)25(31)32)17-8-9-19-21(13-17)27(34)35-26(19)33/h3-13,15H,14H2,1-2H3. The van der Waals surface area contributed by atoms with Crippen LogP contribution < -0.4 is 4.90 Å². The molecular formula is C27H20N4O4. The Hall–Kier alpha value is -4.59. The van der Waals surface area contributed by atoms with Gasteiger partial charge in [0.05, 0.1) is 17.7 Å². The van der Waals surface area contributed by atoms with Crippen LogP contribution in [0, 0.1) is 0 Å². The fraction of sp³-hybridized carbons (Fsp3) is 0.148. The van der Waals surface area contributed by atoms with Crippen molar-refractivity contribution < 1.29 is 19.1 Å². The van der Waals surface area contributed by atoms with Crippen molar-refractivity contribution in [2.24, 2.45) is 0 Å². The topological polar surface area (TPSA) is 94.4 Å². The lowest BCUT2D eigenvalue weighted by atomic mass is 9.97. The lowest BCUT2D eigenvalue weighted by molar-refractivity contribution is 0.0443. The first-order valence-corrected chi connectivity index (χ1v) is 11.3. The second-order valence-electron chi connectivity index (χ2n) is 8.83. The minimum atomic E-state index is -0.653. The number of ether oxygens (including phenoxy) is 1. The number of cyclic esters (lactones) is 2. The molecule has 2 aromatic heterocycles. The Labute approximate surface area is 200 Å². The number of benzene rings is 2. The fourth-order valence-electron chi connectivity index (χ4n) is 4.56. The molecule has 0 atom stereocenters. The SMILES string of the molecule is CC(C)n1ccnc1-c1cccc(N2Cc3ccc(-c4ccc5c(c4)C(=O)OC5=O)cc3C2=O)n1. The maximum atomic E-state index is 13.4. The summed E-state index contributed by atoms with van der Waals surface area (Å²) in [6.45, 7) is 4.57. The van der Waals surface area contributed by atoms with Gasteiger partial charge in [-0.3, -0.25) is 9.69 Å². The second-order valence-corrected chi connectivity index (χ2v) is 8.83. The average molecular weight is 464 g/mol. The third kappa shape index (κ3) is 3.33. The lowest BCUT2D eigenvalue weighted by Crippen LogP contribution is -2.24. The van der Waals surface area contributed by atoms with Gasteiger partial charge in [-0.05, 0) is 60.9 Å². The number of nitrogens with zero attached hydrogens (tertiary/aromatic N) is 4. The summed E-state index contributed by atoms with van der Waals surface area (Å²) in [5.74, 6) is -0.125. The summed E-state index contributed by atoms with van der Waals surface area (Å²) in [7, 11) is 0. The van der Waals surface area contributed by atoms with E-state index in [2.05, 4.69) is 23.6 Å². The number of aromatic nitrogens is 3. The molecule has 35 heavy (non-hydrogen) atoms. The monoisotopic (exact) mass is 464 g/mol. The van der Waals surface area contributed by atoms with Crippen molar-refractivity contribution in [3.8, 4) is 22.6 Å². The highest BCUT2D eigenvalue weighted by atomic mass is 16.6. The van der Waals surface area contributed by atoms with Crippen LogP contribution in [0.2, 0.25) is 0 Å². The third-order valence-corrected chi connectivity index (χ3v) is 6.36. The number of carbonyl (C=O) groups excluding carboxylic acids is 3. The zero-order valence-electron chi connectivity index (χ0n) is 19.1. The van der Waals surface area contributed by atoms with E-state index < -0.39 is 11.9 Å². The number of anilines is 1. The van der Waals surface area contributed by atoms with E-state index in [1.807, 2.05) is 47.2 Å². The van der Waals surface area contributed by atoms with Gasteiger partial charge in [-0.1, -0.05) is 24.3 Å². The quantitative estimate of drug-likeness (QED) is 0.322. The highest BCUT2D eigenvalue weighted by molar-refractivity contribution is 6.15. The molecule has 0 aliphatic carbocycles. The third-order valence-electron chi connectivity index (χ3n) is 6.36. The van der Waals surface area contributed by atoms with E-state index in [0.717, 1.165) is 22.5 Å². The minimum Gasteiger partial charge on any atom is -0.386 e. The number of imidazole rings is 1. The van der Waals surface area contributed by atoms with Gasteiger partial charge in [0, 0.05) is 24.0 Å². The molecule has 0 fully saturated rings. The summed E-state index contributed by atoms with van der Waals surface area (Å²) < 4.78 is 6.72. The zero-order valence-corrected chi connectivity index (χ0v) is 19.1. The highest BCUT2D eigenvalue weighted by Gasteiger charge is 2.32. The van der Waals surface area contributed by atoms with Gasteiger partial charge in [-0.2, -0.15) is 0 Å². The van der Waals surface area contributed by atoms with Crippen LogP contribution in [0.3, 0.4) is 0 Å². The summed E-state index contributed by atoms with van der Waals surface area (Å²) in [6, 6.07) is 16.4. The van der Waals surface area contributed by atoms with E-state index in [1.165, 1.54) is 0 Å². The van der Waals surface area contributed by atoms with Gasteiger partial charge in [0.2, 0.25) is 0 Å². The van der Waals surface area contributed by atoms with E-state index in [4.69, 9.17) is 4.98 Å². The van der Waals surface area contributed by atoms with Gasteiger partial charge < -0.3 is 9.30 Å². The zero-order chi connectivity index (χ0) is 24.3. The van der Waals surface area contributed by atoms with E-state index >= 15 is 0 Å². The van der Waals surface area contributed by atoms with Crippen molar-refractivity contribution in [1.82, 2.24) is 14.5 Å². The number of amides is 1. The second kappa shape index (κ2) is 7.73. The van der Waals surface area contributed by atoms with E-state index in [1.54, 1.807) is 29.3 Å². The molecule has 0 unspecified atom stereocenters. The molecular weight excluding hydrogens is 444 g/mol. The van der Waals surface area contributed by atoms with Gasteiger partial charge in [0.1, 0.15) is 11.5 Å². The Bertz CT molecular complexity index is 1550. The molecule has 2 aromatic carbocycles. The molecule has 172 valence electrons. The van der Waals surface area contributed by atoms with Crippen LogP contribution in [0.25, 0.3) is 22.6 Å². The summed E-state index contributed by atoms with van der Waals surface area (Å²) in [6.07, 6.45) is 3.66. The predicted octanol–water partition coefficient (Wildman–Crippen LogP) is 4.66. The Morgan fingerprint density at radius 1 is 0.886 bits per heavy atom. The summed E-state index contributed by atoms with van der Waals surface area (Å²) in [5, 5.41) is 0. The Morgan fingerprint density at radius 2 is 1.63 bits per heavy atom. The summed E-state index contributed by atoms with van der Waals surface area (Å²) in [4.78, 5) is 47.9. The molecule has 8 nitrogen and oxygen atoms in total. The molecule has 4 aromatic rings. The van der Waals surface area contributed by atoms with Crippen LogP contribution in [0.1, 0.15) is 56.5 Å². The van der Waals surface area contributed by atoms with Gasteiger partial charge in [-0.25, -0.2) is 19.6 Å². The Balaban J connectivity index is 1.32.